The normalized spacial score (nSPS) is 18.2. The molecule has 1 atom stereocenters. The van der Waals surface area contributed by atoms with Crippen molar-refractivity contribution in [2.45, 2.75) is 19.4 Å². The highest BCUT2D eigenvalue weighted by Gasteiger charge is 2.15. The molecule has 6 nitrogen and oxygen atoms in total. The zero-order valence-corrected chi connectivity index (χ0v) is 11.9. The van der Waals surface area contributed by atoms with Crippen molar-refractivity contribution in [1.29, 1.82) is 0 Å². The Morgan fingerprint density at radius 2 is 2.37 bits per heavy atom. The van der Waals surface area contributed by atoms with Crippen molar-refractivity contribution in [2.75, 3.05) is 38.6 Å². The monoisotopic (exact) mass is 284 g/mol. The van der Waals surface area contributed by atoms with Crippen LogP contribution in [0.1, 0.15) is 12.6 Å². The summed E-state index contributed by atoms with van der Waals surface area (Å²) in [5, 5.41) is 5.31. The minimum atomic E-state index is -0.00828. The SMILES string of the molecule is CC(CN1CCOCC1)NC(=O)Cc1csc(N)n1. The fraction of sp³-hybridized carbons (Fsp3) is 0.667. The summed E-state index contributed by atoms with van der Waals surface area (Å²) in [5.41, 5.74) is 6.27. The number of hydrogen-bond donors (Lipinski definition) is 2. The maximum absolute atomic E-state index is 11.8. The van der Waals surface area contributed by atoms with Crippen LogP contribution in [-0.2, 0) is 16.0 Å². The zero-order valence-electron chi connectivity index (χ0n) is 11.1. The van der Waals surface area contributed by atoms with E-state index < -0.39 is 0 Å². The number of carbonyl (C=O) groups is 1. The van der Waals surface area contributed by atoms with E-state index in [0.29, 0.717) is 11.6 Å². The van der Waals surface area contributed by atoms with Crippen LogP contribution < -0.4 is 11.1 Å². The van der Waals surface area contributed by atoms with Gasteiger partial charge in [-0.1, -0.05) is 0 Å². The number of ether oxygens (including phenoxy) is 1. The first-order valence-electron chi connectivity index (χ1n) is 6.43. The highest BCUT2D eigenvalue weighted by Crippen LogP contribution is 2.11. The summed E-state index contributed by atoms with van der Waals surface area (Å²) in [5.74, 6) is -0.00828. The van der Waals surface area contributed by atoms with E-state index in [9.17, 15) is 4.79 Å². The summed E-state index contributed by atoms with van der Waals surface area (Å²) in [7, 11) is 0. The lowest BCUT2D eigenvalue weighted by atomic mass is 10.2. The lowest BCUT2D eigenvalue weighted by Gasteiger charge is -2.29. The Bertz CT molecular complexity index is 418. The second kappa shape index (κ2) is 6.83. The van der Waals surface area contributed by atoms with Crippen LogP contribution in [0, 0.1) is 0 Å². The van der Waals surface area contributed by atoms with Gasteiger partial charge in [0.1, 0.15) is 0 Å². The van der Waals surface area contributed by atoms with Crippen LogP contribution in [0.2, 0.25) is 0 Å². The zero-order chi connectivity index (χ0) is 13.7. The molecule has 7 heteroatoms. The first-order chi connectivity index (χ1) is 9.13. The Morgan fingerprint density at radius 3 is 3.00 bits per heavy atom. The van der Waals surface area contributed by atoms with Crippen LogP contribution in [0.15, 0.2) is 5.38 Å². The fourth-order valence-corrected chi connectivity index (χ4v) is 2.67. The maximum Gasteiger partial charge on any atom is 0.226 e. The first-order valence-corrected chi connectivity index (χ1v) is 7.31. The van der Waals surface area contributed by atoms with Gasteiger partial charge < -0.3 is 15.8 Å². The number of anilines is 1. The van der Waals surface area contributed by atoms with Gasteiger partial charge in [0, 0.05) is 31.1 Å². The molecule has 19 heavy (non-hydrogen) atoms. The quantitative estimate of drug-likeness (QED) is 0.802. The van der Waals surface area contributed by atoms with Gasteiger partial charge in [-0.15, -0.1) is 11.3 Å². The summed E-state index contributed by atoms with van der Waals surface area (Å²) in [6.07, 6.45) is 0.293. The van der Waals surface area contributed by atoms with Crippen LogP contribution in [0.4, 0.5) is 5.13 Å². The third kappa shape index (κ3) is 4.77. The largest absolute Gasteiger partial charge is 0.379 e. The van der Waals surface area contributed by atoms with Crippen LogP contribution >= 0.6 is 11.3 Å². The van der Waals surface area contributed by atoms with E-state index in [1.165, 1.54) is 11.3 Å². The van der Waals surface area contributed by atoms with Gasteiger partial charge in [-0.25, -0.2) is 4.98 Å². The number of nitrogens with two attached hydrogens (primary N) is 1. The number of hydrogen-bond acceptors (Lipinski definition) is 6. The van der Waals surface area contributed by atoms with Crippen molar-refractivity contribution in [2.24, 2.45) is 0 Å². The number of aromatic nitrogens is 1. The molecule has 0 bridgehead atoms. The van der Waals surface area contributed by atoms with Gasteiger partial charge in [-0.3, -0.25) is 9.69 Å². The van der Waals surface area contributed by atoms with E-state index in [0.717, 1.165) is 38.5 Å². The van der Waals surface area contributed by atoms with Crippen molar-refractivity contribution in [3.8, 4) is 0 Å². The summed E-state index contributed by atoms with van der Waals surface area (Å²) in [6.45, 7) is 6.29. The molecular formula is C12H20N4O2S. The molecule has 106 valence electrons. The number of carbonyl (C=O) groups excluding carboxylic acids is 1. The number of nitrogen functional groups attached to an aromatic ring is 1. The second-order valence-electron chi connectivity index (χ2n) is 4.74. The van der Waals surface area contributed by atoms with Gasteiger partial charge in [0.25, 0.3) is 0 Å². The number of nitrogens with one attached hydrogen (secondary N) is 1. The molecule has 0 aliphatic carbocycles. The highest BCUT2D eigenvalue weighted by molar-refractivity contribution is 7.13. The molecule has 1 aliphatic rings. The van der Waals surface area contributed by atoms with E-state index in [4.69, 9.17) is 10.5 Å². The Hall–Kier alpha value is -1.18. The average molecular weight is 284 g/mol. The van der Waals surface area contributed by atoms with Gasteiger partial charge in [0.2, 0.25) is 5.91 Å². The molecule has 1 amide bonds. The van der Waals surface area contributed by atoms with Gasteiger partial charge in [0.05, 0.1) is 25.3 Å². The number of rotatable bonds is 5. The average Bonchev–Trinajstić information content (AvgIpc) is 2.75. The maximum atomic E-state index is 11.8. The summed E-state index contributed by atoms with van der Waals surface area (Å²) >= 11 is 1.36. The third-order valence-corrected chi connectivity index (χ3v) is 3.68. The molecule has 1 aliphatic heterocycles. The Kier molecular flexibility index (Phi) is 5.12. The van der Waals surface area contributed by atoms with Crippen molar-refractivity contribution < 1.29 is 9.53 Å². The van der Waals surface area contributed by atoms with Crippen molar-refractivity contribution in [3.05, 3.63) is 11.1 Å². The third-order valence-electron chi connectivity index (χ3n) is 2.95. The van der Waals surface area contributed by atoms with Gasteiger partial charge >= 0.3 is 0 Å². The molecule has 1 aromatic rings. The Balaban J connectivity index is 1.71. The molecule has 0 saturated carbocycles. The standard InChI is InChI=1S/C12H20N4O2S/c1-9(7-16-2-4-18-5-3-16)14-11(17)6-10-8-19-12(13)15-10/h8-9H,2-7H2,1H3,(H2,13,15)(H,14,17). The van der Waals surface area contributed by atoms with Crippen LogP contribution in [0.5, 0.6) is 0 Å². The van der Waals surface area contributed by atoms with Gasteiger partial charge in [0.15, 0.2) is 5.13 Å². The van der Waals surface area contributed by atoms with E-state index in [1.807, 2.05) is 12.3 Å². The van der Waals surface area contributed by atoms with Crippen molar-refractivity contribution in [1.82, 2.24) is 15.2 Å². The van der Waals surface area contributed by atoms with Crippen LogP contribution in [0.3, 0.4) is 0 Å². The molecule has 1 aromatic heterocycles. The molecule has 2 heterocycles. The predicted molar refractivity (Wildman–Crippen MR) is 75.1 cm³/mol. The number of morpholine rings is 1. The molecule has 1 unspecified atom stereocenters. The fourth-order valence-electron chi connectivity index (χ4n) is 2.11. The molecular weight excluding hydrogens is 264 g/mol. The smallest absolute Gasteiger partial charge is 0.226 e. The number of amides is 1. The molecule has 1 fully saturated rings. The Morgan fingerprint density at radius 1 is 1.63 bits per heavy atom. The molecule has 0 aromatic carbocycles. The van der Waals surface area contributed by atoms with E-state index in [2.05, 4.69) is 15.2 Å². The van der Waals surface area contributed by atoms with E-state index in [-0.39, 0.29) is 11.9 Å². The molecule has 2 rings (SSSR count). The summed E-state index contributed by atoms with van der Waals surface area (Å²) in [6, 6.07) is 0.126. The summed E-state index contributed by atoms with van der Waals surface area (Å²) < 4.78 is 5.30. The highest BCUT2D eigenvalue weighted by atomic mass is 32.1. The molecule has 3 N–H and O–H groups in total. The predicted octanol–water partition coefficient (Wildman–Crippen LogP) is 0.105. The van der Waals surface area contributed by atoms with Crippen LogP contribution in [-0.4, -0.2) is 54.7 Å². The minimum Gasteiger partial charge on any atom is -0.379 e. The number of nitrogens with zero attached hydrogens (tertiary/aromatic N) is 2. The van der Waals surface area contributed by atoms with Crippen molar-refractivity contribution >= 4 is 22.4 Å². The van der Waals surface area contributed by atoms with E-state index >= 15 is 0 Å². The second-order valence-corrected chi connectivity index (χ2v) is 5.63. The lowest BCUT2D eigenvalue weighted by Crippen LogP contribution is -2.46. The number of thiazole rings is 1. The van der Waals surface area contributed by atoms with Crippen LogP contribution in [0.25, 0.3) is 0 Å². The molecule has 0 spiro atoms. The Labute approximate surface area is 116 Å². The van der Waals surface area contributed by atoms with Gasteiger partial charge in [-0.05, 0) is 6.92 Å². The molecule has 1 saturated heterocycles. The van der Waals surface area contributed by atoms with Gasteiger partial charge in [-0.2, -0.15) is 0 Å². The first kappa shape index (κ1) is 14.2. The molecule has 0 radical (unpaired) electrons. The summed E-state index contributed by atoms with van der Waals surface area (Å²) in [4.78, 5) is 18.2. The van der Waals surface area contributed by atoms with E-state index in [1.54, 1.807) is 0 Å². The minimum absolute atomic E-state index is 0.00828. The topological polar surface area (TPSA) is 80.5 Å². The lowest BCUT2D eigenvalue weighted by molar-refractivity contribution is -0.121. The van der Waals surface area contributed by atoms with Crippen molar-refractivity contribution in [3.63, 3.8) is 0 Å².